The lowest BCUT2D eigenvalue weighted by Gasteiger charge is -2.11. The van der Waals surface area contributed by atoms with E-state index < -0.39 is 0 Å². The number of nitrogens with one attached hydrogen (secondary N) is 1. The van der Waals surface area contributed by atoms with Gasteiger partial charge in [-0.3, -0.25) is 4.79 Å². The number of anilines is 1. The molecule has 0 bridgehead atoms. The summed E-state index contributed by atoms with van der Waals surface area (Å²) >= 11 is 3.00. The molecule has 112 valence electrons. The van der Waals surface area contributed by atoms with E-state index in [-0.39, 0.29) is 5.91 Å². The van der Waals surface area contributed by atoms with E-state index in [1.807, 2.05) is 30.5 Å². The molecule has 0 unspecified atom stereocenters. The third-order valence-corrected chi connectivity index (χ3v) is 4.60. The molecule has 1 amide bonds. The van der Waals surface area contributed by atoms with Gasteiger partial charge in [-0.1, -0.05) is 12.1 Å². The maximum absolute atomic E-state index is 12.4. The third kappa shape index (κ3) is 4.26. The summed E-state index contributed by atoms with van der Waals surface area (Å²) in [5.74, 6) is 0.526. The molecule has 22 heavy (non-hydrogen) atoms. The van der Waals surface area contributed by atoms with Gasteiger partial charge in [-0.15, -0.1) is 23.5 Å². The summed E-state index contributed by atoms with van der Waals surface area (Å²) in [4.78, 5) is 17.6. The average molecular weight is 329 g/mol. The Hall–Kier alpha value is -1.97. The van der Waals surface area contributed by atoms with Crippen molar-refractivity contribution in [1.29, 1.82) is 5.26 Å². The Bertz CT molecular complexity index is 698. The molecule has 2 aromatic rings. The highest BCUT2D eigenvalue weighted by atomic mass is 32.2. The Morgan fingerprint density at radius 1 is 1.32 bits per heavy atom. The van der Waals surface area contributed by atoms with E-state index in [0.717, 1.165) is 10.6 Å². The molecule has 0 aliphatic heterocycles. The fourth-order valence-corrected chi connectivity index (χ4v) is 3.23. The number of thioether (sulfide) groups is 2. The summed E-state index contributed by atoms with van der Waals surface area (Å²) in [6, 6.07) is 13.2. The number of rotatable bonds is 6. The first-order valence-electron chi connectivity index (χ1n) is 6.65. The van der Waals surface area contributed by atoms with Crippen molar-refractivity contribution in [3.8, 4) is 6.07 Å². The maximum Gasteiger partial charge on any atom is 0.258 e. The van der Waals surface area contributed by atoms with Crippen LogP contribution in [0.25, 0.3) is 0 Å². The molecule has 4 nitrogen and oxygen atoms in total. The summed E-state index contributed by atoms with van der Waals surface area (Å²) in [7, 11) is 0. The van der Waals surface area contributed by atoms with E-state index >= 15 is 0 Å². The van der Waals surface area contributed by atoms with Gasteiger partial charge in [0, 0.05) is 23.3 Å². The van der Waals surface area contributed by atoms with Crippen LogP contribution in [0, 0.1) is 11.3 Å². The summed E-state index contributed by atoms with van der Waals surface area (Å²) < 4.78 is 0. The van der Waals surface area contributed by atoms with Crippen molar-refractivity contribution in [2.24, 2.45) is 0 Å². The molecule has 0 aliphatic carbocycles. The zero-order valence-electron chi connectivity index (χ0n) is 12.1. The lowest BCUT2D eigenvalue weighted by atomic mass is 10.2. The molecular weight excluding hydrogens is 314 g/mol. The Labute approximate surface area is 138 Å². The number of nitrogens with zero attached hydrogens (tertiary/aromatic N) is 2. The molecule has 0 radical (unpaired) electrons. The van der Waals surface area contributed by atoms with Gasteiger partial charge in [-0.05, 0) is 30.5 Å². The topological polar surface area (TPSA) is 65.8 Å². The van der Waals surface area contributed by atoms with Crippen molar-refractivity contribution in [2.75, 3.05) is 17.3 Å². The van der Waals surface area contributed by atoms with Crippen LogP contribution in [0.1, 0.15) is 16.8 Å². The minimum atomic E-state index is -0.175. The Kier molecular flexibility index (Phi) is 6.31. The molecule has 1 aromatic heterocycles. The number of para-hydroxylation sites is 1. The van der Waals surface area contributed by atoms with Crippen molar-refractivity contribution in [2.45, 2.75) is 16.3 Å². The second-order valence-electron chi connectivity index (χ2n) is 4.27. The van der Waals surface area contributed by atoms with E-state index in [4.69, 9.17) is 5.26 Å². The van der Waals surface area contributed by atoms with Gasteiger partial charge in [0.2, 0.25) is 0 Å². The highest BCUT2D eigenvalue weighted by Crippen LogP contribution is 2.28. The largest absolute Gasteiger partial charge is 0.321 e. The van der Waals surface area contributed by atoms with Crippen molar-refractivity contribution >= 4 is 35.1 Å². The predicted octanol–water partition coefficient (Wildman–Crippen LogP) is 4.06. The summed E-state index contributed by atoms with van der Waals surface area (Å²) in [5.41, 5.74) is 1.32. The van der Waals surface area contributed by atoms with Crippen molar-refractivity contribution in [1.82, 2.24) is 4.98 Å². The smallest absolute Gasteiger partial charge is 0.258 e. The molecule has 6 heteroatoms. The zero-order chi connectivity index (χ0) is 15.8. The zero-order valence-corrected chi connectivity index (χ0v) is 13.7. The first-order valence-corrected chi connectivity index (χ1v) is 8.86. The lowest BCUT2D eigenvalue weighted by Crippen LogP contribution is -2.14. The van der Waals surface area contributed by atoms with Crippen LogP contribution in [-0.4, -0.2) is 22.9 Å². The van der Waals surface area contributed by atoms with Crippen LogP contribution in [-0.2, 0) is 0 Å². The number of amides is 1. The molecular formula is C16H15N3OS2. The molecule has 0 spiro atoms. The van der Waals surface area contributed by atoms with Crippen LogP contribution in [0.15, 0.2) is 52.5 Å². The number of hydrogen-bond acceptors (Lipinski definition) is 5. The minimum Gasteiger partial charge on any atom is -0.321 e. The van der Waals surface area contributed by atoms with Crippen LogP contribution in [0.5, 0.6) is 0 Å². The molecule has 1 heterocycles. The molecule has 0 saturated carbocycles. The van der Waals surface area contributed by atoms with Crippen LogP contribution in [0.4, 0.5) is 5.69 Å². The van der Waals surface area contributed by atoms with Crippen molar-refractivity contribution in [3.05, 3.63) is 48.2 Å². The minimum absolute atomic E-state index is 0.175. The number of carbonyl (C=O) groups is 1. The van der Waals surface area contributed by atoms with E-state index in [1.54, 1.807) is 30.1 Å². The molecule has 0 aliphatic rings. The van der Waals surface area contributed by atoms with Gasteiger partial charge in [0.1, 0.15) is 5.03 Å². The van der Waals surface area contributed by atoms with Crippen LogP contribution < -0.4 is 5.32 Å². The molecule has 0 saturated heterocycles. The molecule has 0 atom stereocenters. The van der Waals surface area contributed by atoms with Gasteiger partial charge in [0.15, 0.2) is 0 Å². The number of benzene rings is 1. The van der Waals surface area contributed by atoms with E-state index in [2.05, 4.69) is 16.4 Å². The van der Waals surface area contributed by atoms with Gasteiger partial charge >= 0.3 is 0 Å². The van der Waals surface area contributed by atoms with Crippen molar-refractivity contribution < 1.29 is 4.79 Å². The maximum atomic E-state index is 12.4. The summed E-state index contributed by atoms with van der Waals surface area (Å²) in [6.07, 6.45) is 4.05. The van der Waals surface area contributed by atoms with Crippen LogP contribution in [0.3, 0.4) is 0 Å². The SMILES string of the molecule is CSc1ncccc1C(=O)Nc1ccccc1SCCC#N. The Morgan fingerprint density at radius 3 is 2.91 bits per heavy atom. The van der Waals surface area contributed by atoms with Crippen LogP contribution >= 0.6 is 23.5 Å². The molecule has 1 aromatic carbocycles. The van der Waals surface area contributed by atoms with Crippen LogP contribution in [0.2, 0.25) is 0 Å². The Morgan fingerprint density at radius 2 is 2.14 bits per heavy atom. The first-order chi connectivity index (χ1) is 10.8. The van der Waals surface area contributed by atoms with Gasteiger partial charge in [0.05, 0.1) is 17.3 Å². The quantitative estimate of drug-likeness (QED) is 0.639. The molecule has 1 N–H and O–H groups in total. The van der Waals surface area contributed by atoms with Crippen molar-refractivity contribution in [3.63, 3.8) is 0 Å². The van der Waals surface area contributed by atoms with E-state index in [0.29, 0.717) is 22.8 Å². The van der Waals surface area contributed by atoms with E-state index in [9.17, 15) is 4.79 Å². The van der Waals surface area contributed by atoms with Gasteiger partial charge in [-0.25, -0.2) is 4.98 Å². The number of pyridine rings is 1. The standard InChI is InChI=1S/C16H15N3OS2/c1-21-16-12(6-4-10-18-16)15(20)19-13-7-2-3-8-14(13)22-11-5-9-17/h2-4,6-8,10H,5,11H2,1H3,(H,19,20). The predicted molar refractivity (Wildman–Crippen MR) is 91.4 cm³/mol. The first kappa shape index (κ1) is 16.4. The Balaban J connectivity index is 2.16. The highest BCUT2D eigenvalue weighted by Gasteiger charge is 2.13. The van der Waals surface area contributed by atoms with E-state index in [1.165, 1.54) is 11.8 Å². The monoisotopic (exact) mass is 329 g/mol. The highest BCUT2D eigenvalue weighted by molar-refractivity contribution is 7.99. The molecule has 2 rings (SSSR count). The average Bonchev–Trinajstić information content (AvgIpc) is 2.56. The number of hydrogen-bond donors (Lipinski definition) is 1. The lowest BCUT2D eigenvalue weighted by molar-refractivity contribution is 0.102. The number of nitriles is 1. The fraction of sp³-hybridized carbons (Fsp3) is 0.188. The fourth-order valence-electron chi connectivity index (χ4n) is 1.82. The summed E-state index contributed by atoms with van der Waals surface area (Å²) in [6.45, 7) is 0. The second-order valence-corrected chi connectivity index (χ2v) is 6.20. The number of aromatic nitrogens is 1. The summed E-state index contributed by atoms with van der Waals surface area (Å²) in [5, 5.41) is 12.3. The molecule has 0 fully saturated rings. The number of carbonyl (C=O) groups excluding carboxylic acids is 1. The van der Waals surface area contributed by atoms with Gasteiger partial charge in [-0.2, -0.15) is 5.26 Å². The van der Waals surface area contributed by atoms with Gasteiger partial charge < -0.3 is 5.32 Å². The normalized spacial score (nSPS) is 10.0. The second kappa shape index (κ2) is 8.47. The third-order valence-electron chi connectivity index (χ3n) is 2.82. The van der Waals surface area contributed by atoms with Gasteiger partial charge in [0.25, 0.3) is 5.91 Å².